The number of amides is 1. The summed E-state index contributed by atoms with van der Waals surface area (Å²) in [7, 11) is -4.15. The quantitative estimate of drug-likeness (QED) is 0.711. The van der Waals surface area contributed by atoms with Gasteiger partial charge >= 0.3 is 22.3 Å². The Balaban J connectivity index is 2.76. The second-order valence-corrected chi connectivity index (χ2v) is 5.06. The normalized spacial score (nSPS) is 21.1. The smallest absolute Gasteiger partial charge is 0.421 e. The first-order valence-corrected chi connectivity index (χ1v) is 6.51. The number of carboxylic acid groups (broad SMARTS) is 1. The van der Waals surface area contributed by atoms with E-state index in [4.69, 9.17) is 5.11 Å². The van der Waals surface area contributed by atoms with E-state index >= 15 is 0 Å². The van der Waals surface area contributed by atoms with Crippen LogP contribution in [0.15, 0.2) is 0 Å². The summed E-state index contributed by atoms with van der Waals surface area (Å²) < 4.78 is 30.2. The van der Waals surface area contributed by atoms with Gasteiger partial charge in [0.25, 0.3) is 0 Å². The highest BCUT2D eigenvalue weighted by Crippen LogP contribution is 2.20. The number of ether oxygens (including phenoxy) is 1. The van der Waals surface area contributed by atoms with Crippen LogP contribution in [0.3, 0.4) is 0 Å². The van der Waals surface area contributed by atoms with Gasteiger partial charge in [-0.1, -0.05) is 0 Å². The highest BCUT2D eigenvalue weighted by atomic mass is 32.2. The minimum atomic E-state index is -4.15. The zero-order chi connectivity index (χ0) is 13.1. The molecule has 0 saturated carbocycles. The first-order chi connectivity index (χ1) is 7.88. The Labute approximate surface area is 98.7 Å². The molecule has 1 atom stereocenters. The van der Waals surface area contributed by atoms with Gasteiger partial charge in [0.2, 0.25) is 0 Å². The van der Waals surface area contributed by atoms with Gasteiger partial charge in [-0.15, -0.1) is 0 Å². The molecule has 0 unspecified atom stereocenters. The molecule has 0 aliphatic carbocycles. The fourth-order valence-electron chi connectivity index (χ4n) is 1.60. The fourth-order valence-corrected chi connectivity index (χ4v) is 2.89. The topological polar surface area (TPSA) is 113 Å². The second-order valence-electron chi connectivity index (χ2n) is 3.43. The Morgan fingerprint density at radius 2 is 2.18 bits per heavy atom. The van der Waals surface area contributed by atoms with Crippen molar-refractivity contribution in [3.05, 3.63) is 0 Å². The lowest BCUT2D eigenvalue weighted by atomic mass is 10.2. The Morgan fingerprint density at radius 1 is 1.53 bits per heavy atom. The molecule has 2 N–H and O–H groups in total. The van der Waals surface area contributed by atoms with Crippen molar-refractivity contribution in [2.24, 2.45) is 0 Å². The van der Waals surface area contributed by atoms with Crippen LogP contribution in [0.5, 0.6) is 0 Å². The molecule has 1 heterocycles. The monoisotopic (exact) mass is 266 g/mol. The van der Waals surface area contributed by atoms with Gasteiger partial charge in [0.15, 0.2) is 0 Å². The largest absolute Gasteiger partial charge is 0.480 e. The lowest BCUT2D eigenvalue weighted by molar-refractivity contribution is -0.140. The maximum absolute atomic E-state index is 11.7. The molecule has 1 saturated heterocycles. The van der Waals surface area contributed by atoms with E-state index in [2.05, 4.69) is 4.74 Å². The van der Waals surface area contributed by atoms with E-state index in [1.807, 2.05) is 0 Å². The molecule has 1 aliphatic heterocycles. The first kappa shape index (κ1) is 13.7. The van der Waals surface area contributed by atoms with Gasteiger partial charge in [-0.05, 0) is 19.8 Å². The molecule has 0 aromatic heterocycles. The number of aliphatic carboxylic acids is 1. The Kier molecular flexibility index (Phi) is 4.29. The van der Waals surface area contributed by atoms with Crippen LogP contribution in [-0.4, -0.2) is 49.1 Å². The molecule has 1 amide bonds. The molecule has 0 aromatic rings. The number of hydrogen-bond acceptors (Lipinski definition) is 5. The van der Waals surface area contributed by atoms with Crippen LogP contribution in [0.2, 0.25) is 0 Å². The number of hydrogen-bond donors (Lipinski definition) is 2. The first-order valence-electron chi connectivity index (χ1n) is 5.07. The lowest BCUT2D eigenvalue weighted by Gasteiger charge is -2.20. The van der Waals surface area contributed by atoms with Crippen molar-refractivity contribution in [1.82, 2.24) is 9.03 Å². The SMILES string of the molecule is CCOC(=O)NS(=O)(=O)N1CCC[C@@H]1C(=O)O. The van der Waals surface area contributed by atoms with Gasteiger partial charge in [0.05, 0.1) is 6.61 Å². The lowest BCUT2D eigenvalue weighted by Crippen LogP contribution is -2.48. The Bertz CT molecular complexity index is 406. The van der Waals surface area contributed by atoms with Gasteiger partial charge in [0.1, 0.15) is 6.04 Å². The van der Waals surface area contributed by atoms with Crippen molar-refractivity contribution in [2.45, 2.75) is 25.8 Å². The molecule has 1 fully saturated rings. The molecule has 1 rings (SSSR count). The van der Waals surface area contributed by atoms with Gasteiger partial charge in [-0.25, -0.2) is 9.52 Å². The molecule has 0 radical (unpaired) electrons. The summed E-state index contributed by atoms with van der Waals surface area (Å²) in [5.74, 6) is -1.23. The molecule has 0 bridgehead atoms. The van der Waals surface area contributed by atoms with E-state index in [0.29, 0.717) is 6.42 Å². The average molecular weight is 266 g/mol. The predicted molar refractivity (Wildman–Crippen MR) is 56.4 cm³/mol. The number of nitrogens with zero attached hydrogens (tertiary/aromatic N) is 1. The summed E-state index contributed by atoms with van der Waals surface area (Å²) in [6, 6.07) is -1.12. The van der Waals surface area contributed by atoms with Crippen molar-refractivity contribution in [1.29, 1.82) is 0 Å². The second kappa shape index (κ2) is 5.32. The summed E-state index contributed by atoms with van der Waals surface area (Å²) in [4.78, 5) is 21.8. The molecule has 17 heavy (non-hydrogen) atoms. The van der Waals surface area contributed by atoms with E-state index in [0.717, 1.165) is 4.31 Å². The zero-order valence-electron chi connectivity index (χ0n) is 9.25. The van der Waals surface area contributed by atoms with E-state index in [1.165, 1.54) is 6.92 Å². The molecule has 0 aromatic carbocycles. The zero-order valence-corrected chi connectivity index (χ0v) is 10.1. The maximum atomic E-state index is 11.7. The van der Waals surface area contributed by atoms with Crippen LogP contribution in [-0.2, 0) is 19.7 Å². The summed E-state index contributed by atoms with van der Waals surface area (Å²) in [6.45, 7) is 1.64. The van der Waals surface area contributed by atoms with Gasteiger partial charge in [-0.2, -0.15) is 12.7 Å². The number of rotatable bonds is 4. The van der Waals surface area contributed by atoms with Crippen LogP contribution in [0, 0.1) is 0 Å². The highest BCUT2D eigenvalue weighted by molar-refractivity contribution is 7.87. The Morgan fingerprint density at radius 3 is 2.71 bits per heavy atom. The van der Waals surface area contributed by atoms with E-state index in [9.17, 15) is 18.0 Å². The minimum absolute atomic E-state index is 0.0315. The summed E-state index contributed by atoms with van der Waals surface area (Å²) in [6.07, 6.45) is -0.428. The van der Waals surface area contributed by atoms with Crippen LogP contribution in [0.4, 0.5) is 4.79 Å². The fraction of sp³-hybridized carbons (Fsp3) is 0.750. The van der Waals surface area contributed by atoms with E-state index in [-0.39, 0.29) is 19.6 Å². The van der Waals surface area contributed by atoms with Crippen molar-refractivity contribution in [3.63, 3.8) is 0 Å². The molecule has 0 spiro atoms. The van der Waals surface area contributed by atoms with Gasteiger partial charge < -0.3 is 9.84 Å². The third-order valence-electron chi connectivity index (χ3n) is 2.29. The summed E-state index contributed by atoms with van der Waals surface area (Å²) >= 11 is 0. The summed E-state index contributed by atoms with van der Waals surface area (Å²) in [5, 5.41) is 8.83. The van der Waals surface area contributed by atoms with Crippen molar-refractivity contribution in [2.75, 3.05) is 13.2 Å². The highest BCUT2D eigenvalue weighted by Gasteiger charge is 2.39. The number of carbonyl (C=O) groups excluding carboxylic acids is 1. The van der Waals surface area contributed by atoms with Gasteiger partial charge in [-0.3, -0.25) is 4.79 Å². The van der Waals surface area contributed by atoms with Crippen LogP contribution in [0.1, 0.15) is 19.8 Å². The van der Waals surface area contributed by atoms with Crippen LogP contribution >= 0.6 is 0 Å². The van der Waals surface area contributed by atoms with E-state index < -0.39 is 28.3 Å². The minimum Gasteiger partial charge on any atom is -0.480 e. The number of carboxylic acids is 1. The molecule has 1 aliphatic rings. The molecular weight excluding hydrogens is 252 g/mol. The molecular formula is C8H14N2O6S. The Hall–Kier alpha value is -1.35. The third-order valence-corrected chi connectivity index (χ3v) is 3.76. The van der Waals surface area contributed by atoms with E-state index in [1.54, 1.807) is 4.72 Å². The standard InChI is InChI=1S/C8H14N2O6S/c1-2-16-8(13)9-17(14,15)10-5-3-4-6(10)7(11)12/h6H,2-5H2,1H3,(H,9,13)(H,11,12)/t6-/m1/s1. The molecule has 9 heteroatoms. The van der Waals surface area contributed by atoms with Crippen LogP contribution < -0.4 is 4.72 Å². The van der Waals surface area contributed by atoms with Crippen LogP contribution in [0.25, 0.3) is 0 Å². The maximum Gasteiger partial charge on any atom is 0.421 e. The average Bonchev–Trinajstić information content (AvgIpc) is 2.65. The van der Waals surface area contributed by atoms with Crippen molar-refractivity contribution >= 4 is 22.3 Å². The van der Waals surface area contributed by atoms with Gasteiger partial charge in [0, 0.05) is 6.54 Å². The number of nitrogens with one attached hydrogen (secondary N) is 1. The van der Waals surface area contributed by atoms with Crippen molar-refractivity contribution < 1.29 is 27.9 Å². The third kappa shape index (κ3) is 3.30. The molecule has 8 nitrogen and oxygen atoms in total. The number of carbonyl (C=O) groups is 2. The van der Waals surface area contributed by atoms with Crippen molar-refractivity contribution in [3.8, 4) is 0 Å². The molecule has 98 valence electrons. The predicted octanol–water partition coefficient (Wildman–Crippen LogP) is -0.474. The summed E-state index contributed by atoms with van der Waals surface area (Å²) in [5.41, 5.74) is 0.